The van der Waals surface area contributed by atoms with Crippen molar-refractivity contribution < 1.29 is 26.7 Å². The zero-order valence-electron chi connectivity index (χ0n) is 10.2. The molecule has 1 aromatic carbocycles. The van der Waals surface area contributed by atoms with E-state index in [0.717, 1.165) is 18.6 Å². The van der Waals surface area contributed by atoms with Gasteiger partial charge in [0, 0.05) is 6.54 Å². The molecule has 1 N–H and O–H groups in total. The standard InChI is InChI=1S/C12H14F5NO/c1-2-5-18-7-8-3-4-10(19-11(13)14)9(6-8)12(15,16)17/h3-4,6,11,18H,2,5,7H2,1H3. The highest BCUT2D eigenvalue weighted by atomic mass is 19.4. The van der Waals surface area contributed by atoms with E-state index in [-0.39, 0.29) is 6.54 Å². The van der Waals surface area contributed by atoms with Crippen LogP contribution in [0.3, 0.4) is 0 Å². The third kappa shape index (κ3) is 5.02. The highest BCUT2D eigenvalue weighted by Gasteiger charge is 2.35. The molecule has 7 heteroatoms. The molecule has 0 atom stereocenters. The summed E-state index contributed by atoms with van der Waals surface area (Å²) in [5.41, 5.74) is -0.828. The van der Waals surface area contributed by atoms with Crippen LogP contribution in [0.4, 0.5) is 22.0 Å². The van der Waals surface area contributed by atoms with Gasteiger partial charge in [0.05, 0.1) is 5.56 Å². The molecule has 0 bridgehead atoms. The van der Waals surface area contributed by atoms with Gasteiger partial charge in [-0.2, -0.15) is 22.0 Å². The van der Waals surface area contributed by atoms with Crippen LogP contribution in [0.25, 0.3) is 0 Å². The number of hydrogen-bond donors (Lipinski definition) is 1. The van der Waals surface area contributed by atoms with E-state index in [1.807, 2.05) is 6.92 Å². The predicted molar refractivity (Wildman–Crippen MR) is 60.1 cm³/mol. The topological polar surface area (TPSA) is 21.3 Å². The Morgan fingerprint density at radius 2 is 1.95 bits per heavy atom. The second-order valence-electron chi connectivity index (χ2n) is 3.88. The first-order chi connectivity index (χ1) is 8.84. The van der Waals surface area contributed by atoms with Gasteiger partial charge < -0.3 is 10.1 Å². The third-order valence-electron chi connectivity index (χ3n) is 2.32. The van der Waals surface area contributed by atoms with Gasteiger partial charge in [0.2, 0.25) is 0 Å². The molecule has 0 aliphatic carbocycles. The lowest BCUT2D eigenvalue weighted by atomic mass is 10.1. The highest BCUT2D eigenvalue weighted by molar-refractivity contribution is 5.39. The maximum absolute atomic E-state index is 12.7. The highest BCUT2D eigenvalue weighted by Crippen LogP contribution is 2.37. The summed E-state index contributed by atoms with van der Waals surface area (Å²) in [5.74, 6) is -0.859. The van der Waals surface area contributed by atoms with Crippen LogP contribution in [0, 0.1) is 0 Å². The van der Waals surface area contributed by atoms with Crippen molar-refractivity contribution in [3.63, 3.8) is 0 Å². The molecule has 0 radical (unpaired) electrons. The van der Waals surface area contributed by atoms with Crippen molar-refractivity contribution >= 4 is 0 Å². The van der Waals surface area contributed by atoms with Crippen molar-refractivity contribution in [1.82, 2.24) is 5.32 Å². The quantitative estimate of drug-likeness (QED) is 0.633. The molecular weight excluding hydrogens is 269 g/mol. The lowest BCUT2D eigenvalue weighted by Gasteiger charge is -2.15. The maximum atomic E-state index is 12.7. The number of nitrogens with one attached hydrogen (secondary N) is 1. The van der Waals surface area contributed by atoms with Crippen molar-refractivity contribution in [3.8, 4) is 5.75 Å². The Labute approximate surface area is 107 Å². The number of benzene rings is 1. The normalized spacial score (nSPS) is 11.9. The molecule has 0 aromatic heterocycles. The van der Waals surface area contributed by atoms with Crippen LogP contribution >= 0.6 is 0 Å². The van der Waals surface area contributed by atoms with Gasteiger partial charge in [-0.1, -0.05) is 13.0 Å². The van der Waals surface area contributed by atoms with Crippen LogP contribution in [0.1, 0.15) is 24.5 Å². The van der Waals surface area contributed by atoms with E-state index in [4.69, 9.17) is 0 Å². The van der Waals surface area contributed by atoms with E-state index >= 15 is 0 Å². The maximum Gasteiger partial charge on any atom is 0.419 e. The van der Waals surface area contributed by atoms with Crippen LogP contribution in [0.5, 0.6) is 5.75 Å². The Balaban J connectivity index is 2.95. The fourth-order valence-electron chi connectivity index (χ4n) is 1.52. The molecule has 0 amide bonds. The van der Waals surface area contributed by atoms with E-state index < -0.39 is 24.1 Å². The Morgan fingerprint density at radius 1 is 1.26 bits per heavy atom. The van der Waals surface area contributed by atoms with Gasteiger partial charge in [-0.3, -0.25) is 0 Å². The first kappa shape index (κ1) is 15.7. The number of halogens is 5. The molecule has 0 heterocycles. The molecule has 1 rings (SSSR count). The molecule has 108 valence electrons. The van der Waals surface area contributed by atoms with Crippen molar-refractivity contribution in [1.29, 1.82) is 0 Å². The average molecular weight is 283 g/mol. The Kier molecular flexibility index (Phi) is 5.53. The number of ether oxygens (including phenoxy) is 1. The smallest absolute Gasteiger partial charge is 0.419 e. The fraction of sp³-hybridized carbons (Fsp3) is 0.500. The Hall–Kier alpha value is -1.37. The van der Waals surface area contributed by atoms with Gasteiger partial charge in [-0.05, 0) is 30.7 Å². The molecule has 0 spiro atoms. The molecule has 19 heavy (non-hydrogen) atoms. The number of rotatable bonds is 6. The fourth-order valence-corrected chi connectivity index (χ4v) is 1.52. The van der Waals surface area contributed by atoms with E-state index in [9.17, 15) is 22.0 Å². The van der Waals surface area contributed by atoms with Crippen molar-refractivity contribution in [2.24, 2.45) is 0 Å². The number of hydrogen-bond acceptors (Lipinski definition) is 2. The molecule has 0 aliphatic heterocycles. The summed E-state index contributed by atoms with van der Waals surface area (Å²) >= 11 is 0. The van der Waals surface area contributed by atoms with Gasteiger partial charge in [-0.25, -0.2) is 0 Å². The summed E-state index contributed by atoms with van der Waals surface area (Å²) in [5, 5.41) is 2.93. The summed E-state index contributed by atoms with van der Waals surface area (Å²) in [6, 6.07) is 3.06. The first-order valence-electron chi connectivity index (χ1n) is 5.70. The Morgan fingerprint density at radius 3 is 2.47 bits per heavy atom. The second-order valence-corrected chi connectivity index (χ2v) is 3.88. The minimum Gasteiger partial charge on any atom is -0.434 e. The van der Waals surface area contributed by atoms with E-state index in [1.165, 1.54) is 6.07 Å². The molecule has 1 aromatic rings. The van der Waals surface area contributed by atoms with Crippen LogP contribution in [0.15, 0.2) is 18.2 Å². The van der Waals surface area contributed by atoms with Gasteiger partial charge in [0.1, 0.15) is 5.75 Å². The van der Waals surface area contributed by atoms with E-state index in [2.05, 4.69) is 10.1 Å². The summed E-state index contributed by atoms with van der Waals surface area (Å²) in [6.45, 7) is -0.457. The number of alkyl halides is 5. The summed E-state index contributed by atoms with van der Waals surface area (Å²) in [4.78, 5) is 0. The van der Waals surface area contributed by atoms with Gasteiger partial charge in [-0.15, -0.1) is 0 Å². The monoisotopic (exact) mass is 283 g/mol. The summed E-state index contributed by atoms with van der Waals surface area (Å²) in [7, 11) is 0. The molecule has 0 unspecified atom stereocenters. The SMILES string of the molecule is CCCNCc1ccc(OC(F)F)c(C(F)(F)F)c1. The Bertz CT molecular complexity index is 406. The molecule has 2 nitrogen and oxygen atoms in total. The molecule has 0 fully saturated rings. The van der Waals surface area contributed by atoms with Crippen LogP contribution in [-0.2, 0) is 12.7 Å². The van der Waals surface area contributed by atoms with Crippen molar-refractivity contribution in [3.05, 3.63) is 29.3 Å². The van der Waals surface area contributed by atoms with Crippen LogP contribution in [-0.4, -0.2) is 13.2 Å². The molecule has 0 saturated heterocycles. The first-order valence-corrected chi connectivity index (χ1v) is 5.70. The van der Waals surface area contributed by atoms with Crippen molar-refractivity contribution in [2.45, 2.75) is 32.7 Å². The summed E-state index contributed by atoms with van der Waals surface area (Å²) in [6.07, 6.45) is -3.89. The zero-order valence-corrected chi connectivity index (χ0v) is 10.2. The minimum absolute atomic E-state index is 0.242. The van der Waals surface area contributed by atoms with Gasteiger partial charge in [0.25, 0.3) is 0 Å². The average Bonchev–Trinajstić information content (AvgIpc) is 2.29. The van der Waals surface area contributed by atoms with Gasteiger partial charge >= 0.3 is 12.8 Å². The summed E-state index contributed by atoms with van der Waals surface area (Å²) < 4.78 is 66.1. The van der Waals surface area contributed by atoms with Gasteiger partial charge in [0.15, 0.2) is 0 Å². The minimum atomic E-state index is -4.73. The second kappa shape index (κ2) is 6.70. The van der Waals surface area contributed by atoms with E-state index in [0.29, 0.717) is 12.1 Å². The molecular formula is C12H14F5NO. The third-order valence-corrected chi connectivity index (χ3v) is 2.32. The van der Waals surface area contributed by atoms with Crippen LogP contribution in [0.2, 0.25) is 0 Å². The predicted octanol–water partition coefficient (Wildman–Crippen LogP) is 3.81. The molecule has 0 saturated carbocycles. The molecule has 0 aliphatic rings. The van der Waals surface area contributed by atoms with E-state index in [1.54, 1.807) is 0 Å². The lowest BCUT2D eigenvalue weighted by molar-refractivity contribution is -0.141. The van der Waals surface area contributed by atoms with Crippen LogP contribution < -0.4 is 10.1 Å². The zero-order chi connectivity index (χ0) is 14.5. The van der Waals surface area contributed by atoms with Crippen molar-refractivity contribution in [2.75, 3.05) is 6.54 Å². The lowest BCUT2D eigenvalue weighted by Crippen LogP contribution is -2.16. The largest absolute Gasteiger partial charge is 0.434 e.